The molecule has 0 spiro atoms. The van der Waals surface area contributed by atoms with Crippen LogP contribution in [0.4, 0.5) is 0 Å². The van der Waals surface area contributed by atoms with Crippen molar-refractivity contribution in [2.75, 3.05) is 13.2 Å². The van der Waals surface area contributed by atoms with Crippen LogP contribution in [0.2, 0.25) is 5.02 Å². The molecule has 0 radical (unpaired) electrons. The number of hydrogen-bond acceptors (Lipinski definition) is 4. The molecule has 2 aromatic rings. The normalized spacial score (nSPS) is 13.3. The summed E-state index contributed by atoms with van der Waals surface area (Å²) >= 11 is 7.68. The van der Waals surface area contributed by atoms with Crippen LogP contribution < -0.4 is 15.2 Å². The molecule has 0 atom stereocenters. The molecule has 0 unspecified atom stereocenters. The van der Waals surface area contributed by atoms with Crippen molar-refractivity contribution in [1.82, 2.24) is 0 Å². The number of rotatable bonds is 3. The monoisotopic (exact) mass is 307 g/mol. The molecule has 3 nitrogen and oxygen atoms in total. The van der Waals surface area contributed by atoms with E-state index in [1.807, 2.05) is 36.4 Å². The molecule has 1 aliphatic rings. The Hall–Kier alpha value is -1.36. The summed E-state index contributed by atoms with van der Waals surface area (Å²) in [6.07, 6.45) is 0. The van der Waals surface area contributed by atoms with Crippen molar-refractivity contribution < 1.29 is 9.47 Å². The zero-order chi connectivity index (χ0) is 13.9. The van der Waals surface area contributed by atoms with Gasteiger partial charge >= 0.3 is 0 Å². The van der Waals surface area contributed by atoms with Gasteiger partial charge in [-0.1, -0.05) is 29.4 Å². The van der Waals surface area contributed by atoms with Crippen LogP contribution in [0.5, 0.6) is 11.5 Å². The van der Waals surface area contributed by atoms with E-state index in [4.69, 9.17) is 26.8 Å². The highest BCUT2D eigenvalue weighted by Crippen LogP contribution is 2.38. The third kappa shape index (κ3) is 2.87. The minimum absolute atomic E-state index is 0.490. The highest BCUT2D eigenvalue weighted by Gasteiger charge is 2.13. The molecule has 0 bridgehead atoms. The Balaban J connectivity index is 1.89. The maximum absolute atomic E-state index is 6.06. The molecule has 1 aliphatic heterocycles. The fraction of sp³-hybridized carbons (Fsp3) is 0.200. The minimum Gasteiger partial charge on any atom is -0.486 e. The number of ether oxygens (including phenoxy) is 2. The summed E-state index contributed by atoms with van der Waals surface area (Å²) in [7, 11) is 0. The molecule has 1 heterocycles. The molecule has 3 rings (SSSR count). The first kappa shape index (κ1) is 13.6. The van der Waals surface area contributed by atoms with Crippen molar-refractivity contribution in [3.63, 3.8) is 0 Å². The molecule has 0 aromatic heterocycles. The van der Waals surface area contributed by atoms with Gasteiger partial charge in [0.05, 0.1) is 0 Å². The lowest BCUT2D eigenvalue weighted by Crippen LogP contribution is -2.15. The first-order valence-electron chi connectivity index (χ1n) is 6.32. The Bertz CT molecular complexity index is 633. The van der Waals surface area contributed by atoms with Gasteiger partial charge in [-0.25, -0.2) is 0 Å². The van der Waals surface area contributed by atoms with E-state index in [1.54, 1.807) is 11.8 Å². The van der Waals surface area contributed by atoms with Crippen LogP contribution in [0.3, 0.4) is 0 Å². The van der Waals surface area contributed by atoms with E-state index in [9.17, 15) is 0 Å². The van der Waals surface area contributed by atoms with Crippen molar-refractivity contribution in [2.45, 2.75) is 16.3 Å². The van der Waals surface area contributed by atoms with Crippen molar-refractivity contribution in [3.05, 3.63) is 47.0 Å². The van der Waals surface area contributed by atoms with E-state index in [0.29, 0.717) is 24.8 Å². The lowest BCUT2D eigenvalue weighted by atomic mass is 10.2. The molecule has 20 heavy (non-hydrogen) atoms. The fourth-order valence-corrected chi connectivity index (χ4v) is 3.27. The smallest absolute Gasteiger partial charge is 0.162 e. The molecule has 0 aliphatic carbocycles. The van der Waals surface area contributed by atoms with Gasteiger partial charge in [-0.05, 0) is 35.9 Å². The molecule has 0 saturated carbocycles. The van der Waals surface area contributed by atoms with E-state index in [2.05, 4.69) is 0 Å². The van der Waals surface area contributed by atoms with Crippen LogP contribution in [0, 0.1) is 0 Å². The summed E-state index contributed by atoms with van der Waals surface area (Å²) in [5.74, 6) is 1.59. The summed E-state index contributed by atoms with van der Waals surface area (Å²) in [5, 5.41) is 0.710. The Labute approximate surface area is 127 Å². The highest BCUT2D eigenvalue weighted by molar-refractivity contribution is 7.99. The van der Waals surface area contributed by atoms with Crippen LogP contribution in [0.1, 0.15) is 5.56 Å². The number of halogens is 1. The van der Waals surface area contributed by atoms with Crippen molar-refractivity contribution in [3.8, 4) is 11.5 Å². The van der Waals surface area contributed by atoms with Crippen molar-refractivity contribution in [2.24, 2.45) is 5.73 Å². The van der Waals surface area contributed by atoms with Gasteiger partial charge in [-0.2, -0.15) is 0 Å². The largest absolute Gasteiger partial charge is 0.486 e. The zero-order valence-electron chi connectivity index (χ0n) is 10.8. The second-order valence-corrected chi connectivity index (χ2v) is 5.92. The zero-order valence-corrected chi connectivity index (χ0v) is 12.3. The summed E-state index contributed by atoms with van der Waals surface area (Å²) in [6, 6.07) is 11.7. The molecule has 0 saturated heterocycles. The average molecular weight is 308 g/mol. The molecule has 2 N–H and O–H groups in total. The molecule has 0 amide bonds. The number of hydrogen-bond donors (Lipinski definition) is 1. The standard InChI is InChI=1S/C15H14ClNO2S/c16-11-2-1-10(9-17)15(7-11)20-12-3-4-13-14(8-12)19-6-5-18-13/h1-4,7-8H,5-6,9,17H2. The topological polar surface area (TPSA) is 44.5 Å². The van der Waals surface area contributed by atoms with Gasteiger partial charge < -0.3 is 15.2 Å². The van der Waals surface area contributed by atoms with E-state index in [0.717, 1.165) is 26.9 Å². The maximum Gasteiger partial charge on any atom is 0.162 e. The molecular formula is C15H14ClNO2S. The molecule has 2 aromatic carbocycles. The van der Waals surface area contributed by atoms with Crippen molar-refractivity contribution >= 4 is 23.4 Å². The molecule has 5 heteroatoms. The van der Waals surface area contributed by atoms with Gasteiger partial charge in [-0.3, -0.25) is 0 Å². The predicted octanol–water partition coefficient (Wildman–Crippen LogP) is 3.72. The SMILES string of the molecule is NCc1ccc(Cl)cc1Sc1ccc2c(c1)OCCO2. The summed E-state index contributed by atoms with van der Waals surface area (Å²) in [4.78, 5) is 2.14. The Kier molecular flexibility index (Phi) is 4.05. The van der Waals surface area contributed by atoms with E-state index in [-0.39, 0.29) is 0 Å². The third-order valence-electron chi connectivity index (χ3n) is 2.99. The number of nitrogens with two attached hydrogens (primary N) is 1. The van der Waals surface area contributed by atoms with Gasteiger partial charge in [-0.15, -0.1) is 0 Å². The lowest BCUT2D eigenvalue weighted by Gasteiger charge is -2.19. The van der Waals surface area contributed by atoms with Crippen LogP contribution in [-0.2, 0) is 6.54 Å². The first-order valence-corrected chi connectivity index (χ1v) is 7.52. The van der Waals surface area contributed by atoms with E-state index < -0.39 is 0 Å². The number of benzene rings is 2. The van der Waals surface area contributed by atoms with Gasteiger partial charge in [0.15, 0.2) is 11.5 Å². The maximum atomic E-state index is 6.06. The Morgan fingerprint density at radius 2 is 1.85 bits per heavy atom. The van der Waals surface area contributed by atoms with Gasteiger partial charge in [0.1, 0.15) is 13.2 Å². The van der Waals surface area contributed by atoms with Gasteiger partial charge in [0.25, 0.3) is 0 Å². The minimum atomic E-state index is 0.490. The Morgan fingerprint density at radius 1 is 1.05 bits per heavy atom. The van der Waals surface area contributed by atoms with Crippen molar-refractivity contribution in [1.29, 1.82) is 0 Å². The quantitative estimate of drug-likeness (QED) is 0.938. The van der Waals surface area contributed by atoms with Crippen LogP contribution in [0.25, 0.3) is 0 Å². The molecular weight excluding hydrogens is 294 g/mol. The summed E-state index contributed by atoms with van der Waals surface area (Å²) in [6.45, 7) is 1.68. The van der Waals surface area contributed by atoms with Crippen LogP contribution >= 0.6 is 23.4 Å². The summed E-state index contributed by atoms with van der Waals surface area (Å²) < 4.78 is 11.1. The first-order chi connectivity index (χ1) is 9.76. The predicted molar refractivity (Wildman–Crippen MR) is 80.9 cm³/mol. The lowest BCUT2D eigenvalue weighted by molar-refractivity contribution is 0.171. The second kappa shape index (κ2) is 5.95. The molecule has 0 fully saturated rings. The Morgan fingerprint density at radius 3 is 2.65 bits per heavy atom. The molecule has 104 valence electrons. The van der Waals surface area contributed by atoms with Gasteiger partial charge in [0, 0.05) is 21.4 Å². The summed E-state index contributed by atoms with van der Waals surface area (Å²) in [5.41, 5.74) is 6.84. The van der Waals surface area contributed by atoms with E-state index in [1.165, 1.54) is 0 Å². The fourth-order valence-electron chi connectivity index (χ4n) is 2.01. The van der Waals surface area contributed by atoms with Crippen LogP contribution in [0.15, 0.2) is 46.2 Å². The third-order valence-corrected chi connectivity index (χ3v) is 4.32. The second-order valence-electron chi connectivity index (χ2n) is 4.36. The highest BCUT2D eigenvalue weighted by atomic mass is 35.5. The van der Waals surface area contributed by atoms with Crippen LogP contribution in [-0.4, -0.2) is 13.2 Å². The number of fused-ring (bicyclic) bond motifs is 1. The van der Waals surface area contributed by atoms with Gasteiger partial charge in [0.2, 0.25) is 0 Å². The average Bonchev–Trinajstić information content (AvgIpc) is 2.47. The van der Waals surface area contributed by atoms with E-state index >= 15 is 0 Å².